The molecule has 1 aliphatic heterocycles. The zero-order valence-corrected chi connectivity index (χ0v) is 21.3. The summed E-state index contributed by atoms with van der Waals surface area (Å²) in [5.41, 5.74) is 3.89. The van der Waals surface area contributed by atoms with E-state index in [4.69, 9.17) is 4.98 Å². The number of piperazine rings is 1. The topological polar surface area (TPSA) is 41.4 Å². The van der Waals surface area contributed by atoms with Crippen LogP contribution >= 0.6 is 0 Å². The van der Waals surface area contributed by atoms with E-state index in [1.54, 1.807) is 0 Å². The summed E-state index contributed by atoms with van der Waals surface area (Å²) in [6, 6.07) is 19.1. The Labute approximate surface area is 214 Å². The lowest BCUT2D eigenvalue weighted by atomic mass is 9.49. The van der Waals surface area contributed by atoms with E-state index in [1.165, 1.54) is 49.6 Å². The lowest BCUT2D eigenvalue weighted by Crippen LogP contribution is -2.52. The molecule has 0 spiro atoms. The molecule has 1 amide bonds. The summed E-state index contributed by atoms with van der Waals surface area (Å²) in [6.45, 7) is 5.23. The molecule has 1 aromatic heterocycles. The van der Waals surface area contributed by atoms with Crippen LogP contribution in [0, 0.1) is 23.2 Å². The average molecular weight is 483 g/mol. The molecular weight excluding hydrogens is 444 g/mol. The molecule has 0 unspecified atom stereocenters. The lowest BCUT2D eigenvalue weighted by molar-refractivity contribution is -0.141. The van der Waals surface area contributed by atoms with Crippen molar-refractivity contribution in [3.63, 3.8) is 0 Å². The van der Waals surface area contributed by atoms with Gasteiger partial charge in [0.2, 0.25) is 5.91 Å². The average Bonchev–Trinajstić information content (AvgIpc) is 3.20. The number of fused-ring (bicyclic) bond motifs is 1. The number of para-hydroxylation sites is 2. The van der Waals surface area contributed by atoms with Crippen LogP contribution in [0.2, 0.25) is 0 Å². The summed E-state index contributed by atoms with van der Waals surface area (Å²) in [5.74, 6) is 4.28. The van der Waals surface area contributed by atoms with Crippen molar-refractivity contribution in [3.8, 4) is 0 Å². The molecule has 4 bridgehead atoms. The van der Waals surface area contributed by atoms with Crippen LogP contribution in [0.4, 0.5) is 0 Å². The predicted molar refractivity (Wildman–Crippen MR) is 142 cm³/mol. The summed E-state index contributed by atoms with van der Waals surface area (Å²) < 4.78 is 2.37. The molecule has 5 heteroatoms. The molecular formula is C31H38N4O. The van der Waals surface area contributed by atoms with E-state index in [0.717, 1.165) is 74.8 Å². The standard InChI is InChI=1S/C31H38N4O/c36-30(20-31-17-24-14-25(18-31)16-26(15-24)19-31)34-12-10-33(11-13-34)22-29-32-27-8-4-5-9-28(27)35(29)21-23-6-2-1-3-7-23/h1-9,24-26H,10-22H2. The Kier molecular flexibility index (Phi) is 5.65. The fourth-order valence-electron chi connectivity index (χ4n) is 8.48. The second-order valence-corrected chi connectivity index (χ2v) is 12.3. The zero-order valence-electron chi connectivity index (χ0n) is 21.3. The highest BCUT2D eigenvalue weighted by atomic mass is 16.2. The molecule has 1 saturated heterocycles. The molecule has 4 aliphatic carbocycles. The molecule has 4 saturated carbocycles. The van der Waals surface area contributed by atoms with Crippen molar-refractivity contribution in [2.75, 3.05) is 26.2 Å². The van der Waals surface area contributed by atoms with Gasteiger partial charge in [-0.1, -0.05) is 42.5 Å². The van der Waals surface area contributed by atoms with Gasteiger partial charge >= 0.3 is 0 Å². The first kappa shape index (κ1) is 22.5. The summed E-state index contributed by atoms with van der Waals surface area (Å²) in [7, 11) is 0. The Morgan fingerprint density at radius 3 is 2.14 bits per heavy atom. The molecule has 8 rings (SSSR count). The Morgan fingerprint density at radius 2 is 1.44 bits per heavy atom. The molecule has 5 fully saturated rings. The lowest BCUT2D eigenvalue weighted by Gasteiger charge is -2.57. The van der Waals surface area contributed by atoms with E-state index in [-0.39, 0.29) is 0 Å². The van der Waals surface area contributed by atoms with E-state index >= 15 is 0 Å². The first-order valence-corrected chi connectivity index (χ1v) is 14.1. The smallest absolute Gasteiger partial charge is 0.223 e. The number of carbonyl (C=O) groups is 1. The van der Waals surface area contributed by atoms with Gasteiger partial charge in [-0.05, 0) is 79.4 Å². The quantitative estimate of drug-likeness (QED) is 0.477. The predicted octanol–water partition coefficient (Wildman–Crippen LogP) is 5.34. The van der Waals surface area contributed by atoms with Crippen LogP contribution in [0.25, 0.3) is 11.0 Å². The molecule has 5 aliphatic rings. The van der Waals surface area contributed by atoms with E-state index in [9.17, 15) is 4.79 Å². The minimum absolute atomic E-state index is 0.339. The molecule has 2 heterocycles. The van der Waals surface area contributed by atoms with Crippen LogP contribution in [0.15, 0.2) is 54.6 Å². The fraction of sp³-hybridized carbons (Fsp3) is 0.548. The Balaban J connectivity index is 1.01. The van der Waals surface area contributed by atoms with E-state index in [2.05, 4.69) is 69.0 Å². The maximum Gasteiger partial charge on any atom is 0.223 e. The normalized spacial score (nSPS) is 29.8. The van der Waals surface area contributed by atoms with E-state index < -0.39 is 0 Å². The van der Waals surface area contributed by atoms with Crippen LogP contribution in [0.5, 0.6) is 0 Å². The zero-order chi connectivity index (χ0) is 24.1. The number of nitrogens with zero attached hydrogens (tertiary/aromatic N) is 4. The van der Waals surface area contributed by atoms with Gasteiger partial charge in [0.05, 0.1) is 17.6 Å². The SMILES string of the molecule is O=C(CC12CC3CC(CC(C3)C1)C2)N1CCN(Cc2nc3ccccc3n2Cc2ccccc2)CC1. The third-order valence-electron chi connectivity index (χ3n) is 9.70. The van der Waals surface area contributed by atoms with Gasteiger partial charge in [0.15, 0.2) is 0 Å². The summed E-state index contributed by atoms with van der Waals surface area (Å²) in [4.78, 5) is 23.1. The third-order valence-corrected chi connectivity index (χ3v) is 9.70. The molecule has 3 aromatic rings. The second-order valence-electron chi connectivity index (χ2n) is 12.3. The van der Waals surface area contributed by atoms with Crippen LogP contribution in [0.1, 0.15) is 56.3 Å². The van der Waals surface area contributed by atoms with Crippen molar-refractivity contribution in [1.29, 1.82) is 0 Å². The van der Waals surface area contributed by atoms with Gasteiger partial charge in [0, 0.05) is 39.1 Å². The van der Waals surface area contributed by atoms with Crippen LogP contribution in [0.3, 0.4) is 0 Å². The fourth-order valence-corrected chi connectivity index (χ4v) is 8.48. The largest absolute Gasteiger partial charge is 0.340 e. The van der Waals surface area contributed by atoms with Crippen molar-refractivity contribution in [1.82, 2.24) is 19.4 Å². The Hall–Kier alpha value is -2.66. The number of carbonyl (C=O) groups excluding carboxylic acids is 1. The molecule has 0 radical (unpaired) electrons. The minimum Gasteiger partial charge on any atom is -0.340 e. The number of benzene rings is 2. The second kappa shape index (κ2) is 9.02. The summed E-state index contributed by atoms with van der Waals surface area (Å²) in [5, 5.41) is 0. The molecule has 188 valence electrons. The van der Waals surface area contributed by atoms with Gasteiger partial charge in [-0.3, -0.25) is 9.69 Å². The molecule has 5 nitrogen and oxygen atoms in total. The van der Waals surface area contributed by atoms with Crippen molar-refractivity contribution >= 4 is 16.9 Å². The number of amides is 1. The maximum atomic E-state index is 13.4. The number of aromatic nitrogens is 2. The highest BCUT2D eigenvalue weighted by Gasteiger charge is 2.51. The van der Waals surface area contributed by atoms with E-state index in [1.807, 2.05) is 0 Å². The van der Waals surface area contributed by atoms with Crippen molar-refractivity contribution in [3.05, 3.63) is 66.0 Å². The van der Waals surface area contributed by atoms with Crippen LogP contribution in [-0.4, -0.2) is 51.4 Å². The summed E-state index contributed by atoms with van der Waals surface area (Å²) in [6.07, 6.45) is 9.11. The molecule has 36 heavy (non-hydrogen) atoms. The first-order chi connectivity index (χ1) is 17.6. The Bertz CT molecular complexity index is 1200. The molecule has 0 N–H and O–H groups in total. The number of rotatable bonds is 6. The van der Waals surface area contributed by atoms with Crippen molar-refractivity contribution < 1.29 is 4.79 Å². The van der Waals surface area contributed by atoms with Gasteiger partial charge in [-0.15, -0.1) is 0 Å². The van der Waals surface area contributed by atoms with Crippen LogP contribution < -0.4 is 0 Å². The first-order valence-electron chi connectivity index (χ1n) is 14.1. The highest BCUT2D eigenvalue weighted by Crippen LogP contribution is 2.61. The number of hydrogen-bond donors (Lipinski definition) is 0. The summed E-state index contributed by atoms with van der Waals surface area (Å²) >= 11 is 0. The Morgan fingerprint density at radius 1 is 0.806 bits per heavy atom. The van der Waals surface area contributed by atoms with Crippen molar-refractivity contribution in [2.45, 2.75) is 58.0 Å². The third kappa shape index (κ3) is 4.26. The van der Waals surface area contributed by atoms with Gasteiger partial charge in [0.1, 0.15) is 5.82 Å². The minimum atomic E-state index is 0.339. The van der Waals surface area contributed by atoms with Crippen molar-refractivity contribution in [2.24, 2.45) is 23.2 Å². The monoisotopic (exact) mass is 482 g/mol. The molecule has 2 aromatic carbocycles. The number of hydrogen-bond acceptors (Lipinski definition) is 3. The van der Waals surface area contributed by atoms with Gasteiger partial charge in [-0.2, -0.15) is 0 Å². The van der Waals surface area contributed by atoms with E-state index in [0.29, 0.717) is 11.3 Å². The molecule has 0 atom stereocenters. The van der Waals surface area contributed by atoms with Crippen LogP contribution in [-0.2, 0) is 17.9 Å². The maximum absolute atomic E-state index is 13.4. The highest BCUT2D eigenvalue weighted by molar-refractivity contribution is 5.77. The van der Waals surface area contributed by atoms with Gasteiger partial charge < -0.3 is 9.47 Å². The number of imidazole rings is 1. The van der Waals surface area contributed by atoms with Gasteiger partial charge in [0.25, 0.3) is 0 Å². The van der Waals surface area contributed by atoms with Gasteiger partial charge in [-0.25, -0.2) is 4.98 Å².